The van der Waals surface area contributed by atoms with Crippen molar-refractivity contribution in [2.75, 3.05) is 12.3 Å². The van der Waals surface area contributed by atoms with Crippen molar-refractivity contribution in [2.45, 2.75) is 32.8 Å². The summed E-state index contributed by atoms with van der Waals surface area (Å²) in [7, 11) is 0. The fraction of sp³-hybridized carbons (Fsp3) is 0.462. The Morgan fingerprint density at radius 3 is 2.68 bits per heavy atom. The van der Waals surface area contributed by atoms with Crippen molar-refractivity contribution in [1.82, 2.24) is 10.3 Å². The number of nitrogens with two attached hydrogens (primary N) is 1. The van der Waals surface area contributed by atoms with Gasteiger partial charge in [0.1, 0.15) is 11.4 Å². The Labute approximate surface area is 112 Å². The van der Waals surface area contributed by atoms with Gasteiger partial charge in [0.2, 0.25) is 0 Å². The second kappa shape index (κ2) is 6.17. The molecule has 0 bridgehead atoms. The fourth-order valence-corrected chi connectivity index (χ4v) is 1.38. The van der Waals surface area contributed by atoms with E-state index in [0.717, 1.165) is 0 Å². The molecule has 0 aromatic carbocycles. The Bertz CT molecular complexity index is 466. The van der Waals surface area contributed by atoms with Gasteiger partial charge >= 0.3 is 5.97 Å². The zero-order chi connectivity index (χ0) is 14.5. The molecule has 0 atom stereocenters. The number of carbonyl (C=O) groups excluding carboxylic acids is 2. The van der Waals surface area contributed by atoms with Gasteiger partial charge in [0.15, 0.2) is 0 Å². The van der Waals surface area contributed by atoms with Crippen molar-refractivity contribution in [3.63, 3.8) is 0 Å². The van der Waals surface area contributed by atoms with E-state index in [1.54, 1.807) is 32.9 Å². The number of nitrogen functional groups attached to an aromatic ring is 1. The van der Waals surface area contributed by atoms with Crippen LogP contribution in [0.5, 0.6) is 0 Å². The summed E-state index contributed by atoms with van der Waals surface area (Å²) in [6, 6.07) is 3.20. The van der Waals surface area contributed by atoms with E-state index in [4.69, 9.17) is 10.5 Å². The van der Waals surface area contributed by atoms with Crippen LogP contribution in [0, 0.1) is 0 Å². The van der Waals surface area contributed by atoms with E-state index in [1.165, 1.54) is 6.20 Å². The first-order chi connectivity index (χ1) is 8.79. The number of aromatic nitrogens is 1. The van der Waals surface area contributed by atoms with Gasteiger partial charge in [-0.05, 0) is 32.9 Å². The van der Waals surface area contributed by atoms with Crippen molar-refractivity contribution in [3.05, 3.63) is 23.9 Å². The van der Waals surface area contributed by atoms with Crippen LogP contribution in [0.15, 0.2) is 18.3 Å². The van der Waals surface area contributed by atoms with Crippen LogP contribution >= 0.6 is 0 Å². The summed E-state index contributed by atoms with van der Waals surface area (Å²) in [6.45, 7) is 5.57. The average molecular weight is 265 g/mol. The van der Waals surface area contributed by atoms with Gasteiger partial charge in [-0.1, -0.05) is 0 Å². The number of rotatable bonds is 4. The number of nitrogens with zero attached hydrogens (tertiary/aromatic N) is 1. The number of esters is 1. The van der Waals surface area contributed by atoms with E-state index in [1.807, 2.05) is 0 Å². The molecular weight excluding hydrogens is 246 g/mol. The monoisotopic (exact) mass is 265 g/mol. The number of ether oxygens (including phenoxy) is 1. The lowest BCUT2D eigenvalue weighted by molar-refractivity contribution is -0.154. The van der Waals surface area contributed by atoms with Crippen LogP contribution in [0.2, 0.25) is 0 Å². The number of anilines is 1. The van der Waals surface area contributed by atoms with Crippen molar-refractivity contribution in [3.8, 4) is 0 Å². The minimum atomic E-state index is -0.519. The minimum absolute atomic E-state index is 0.114. The zero-order valence-electron chi connectivity index (χ0n) is 11.4. The Hall–Kier alpha value is -2.11. The van der Waals surface area contributed by atoms with E-state index in [-0.39, 0.29) is 30.7 Å². The molecule has 0 aliphatic heterocycles. The van der Waals surface area contributed by atoms with Gasteiger partial charge in [-0.25, -0.2) is 4.98 Å². The molecule has 6 nitrogen and oxygen atoms in total. The van der Waals surface area contributed by atoms with Crippen LogP contribution < -0.4 is 11.1 Å². The smallest absolute Gasteiger partial charge is 0.308 e. The zero-order valence-corrected chi connectivity index (χ0v) is 11.4. The standard InChI is InChI=1S/C13H19N3O3/c1-13(2,3)19-10(17)6-8-16-12(18)9-5-4-7-15-11(9)14/h4-5,7H,6,8H2,1-3H3,(H2,14,15)(H,16,18). The summed E-state index contributed by atoms with van der Waals surface area (Å²) < 4.78 is 5.12. The average Bonchev–Trinajstić information content (AvgIpc) is 2.26. The number of carbonyl (C=O) groups is 2. The van der Waals surface area contributed by atoms with Gasteiger partial charge in [-0.15, -0.1) is 0 Å². The number of pyridine rings is 1. The molecule has 19 heavy (non-hydrogen) atoms. The third kappa shape index (κ3) is 5.37. The molecule has 1 aromatic rings. The summed E-state index contributed by atoms with van der Waals surface area (Å²) in [5, 5.41) is 2.60. The van der Waals surface area contributed by atoms with Crippen molar-refractivity contribution in [2.24, 2.45) is 0 Å². The summed E-state index contributed by atoms with van der Waals surface area (Å²) in [4.78, 5) is 27.0. The lowest BCUT2D eigenvalue weighted by Gasteiger charge is -2.19. The highest BCUT2D eigenvalue weighted by atomic mass is 16.6. The van der Waals surface area contributed by atoms with Crippen LogP contribution in [0.3, 0.4) is 0 Å². The second-order valence-electron chi connectivity index (χ2n) is 5.03. The van der Waals surface area contributed by atoms with Crippen molar-refractivity contribution < 1.29 is 14.3 Å². The first-order valence-electron chi connectivity index (χ1n) is 6.00. The molecule has 0 saturated heterocycles. The van der Waals surface area contributed by atoms with Crippen molar-refractivity contribution in [1.29, 1.82) is 0 Å². The summed E-state index contributed by atoms with van der Waals surface area (Å²) >= 11 is 0. The number of nitrogens with one attached hydrogen (secondary N) is 1. The largest absolute Gasteiger partial charge is 0.460 e. The highest BCUT2D eigenvalue weighted by Crippen LogP contribution is 2.08. The van der Waals surface area contributed by atoms with E-state index >= 15 is 0 Å². The summed E-state index contributed by atoms with van der Waals surface area (Å²) in [5.74, 6) is -0.543. The molecule has 0 aliphatic rings. The summed E-state index contributed by atoms with van der Waals surface area (Å²) in [5.41, 5.74) is 5.35. The maximum Gasteiger partial charge on any atom is 0.308 e. The van der Waals surface area contributed by atoms with Crippen LogP contribution in [0.25, 0.3) is 0 Å². The molecule has 0 saturated carbocycles. The Balaban J connectivity index is 2.40. The van der Waals surface area contributed by atoms with E-state index in [0.29, 0.717) is 5.56 Å². The maximum atomic E-state index is 11.7. The van der Waals surface area contributed by atoms with E-state index in [2.05, 4.69) is 10.3 Å². The molecule has 1 heterocycles. The Morgan fingerprint density at radius 1 is 1.42 bits per heavy atom. The highest BCUT2D eigenvalue weighted by Gasteiger charge is 2.16. The molecule has 0 aliphatic carbocycles. The van der Waals surface area contributed by atoms with Crippen LogP contribution in [-0.4, -0.2) is 29.0 Å². The summed E-state index contributed by atoms with van der Waals surface area (Å²) in [6.07, 6.45) is 1.62. The van der Waals surface area contributed by atoms with Gasteiger partial charge in [0.25, 0.3) is 5.91 Å². The molecule has 6 heteroatoms. The molecule has 3 N–H and O–H groups in total. The van der Waals surface area contributed by atoms with Gasteiger partial charge < -0.3 is 15.8 Å². The second-order valence-corrected chi connectivity index (χ2v) is 5.03. The minimum Gasteiger partial charge on any atom is -0.460 e. The predicted octanol–water partition coefficient (Wildman–Crippen LogP) is 1.13. The number of amides is 1. The molecule has 0 spiro atoms. The van der Waals surface area contributed by atoms with Gasteiger partial charge in [0.05, 0.1) is 12.0 Å². The van der Waals surface area contributed by atoms with Crippen molar-refractivity contribution >= 4 is 17.7 Å². The number of hydrogen-bond acceptors (Lipinski definition) is 5. The first kappa shape index (κ1) is 14.9. The highest BCUT2D eigenvalue weighted by molar-refractivity contribution is 5.98. The molecule has 104 valence electrons. The van der Waals surface area contributed by atoms with E-state index in [9.17, 15) is 9.59 Å². The van der Waals surface area contributed by atoms with Crippen LogP contribution in [0.1, 0.15) is 37.6 Å². The quantitative estimate of drug-likeness (QED) is 0.796. The molecule has 1 aromatic heterocycles. The third-order valence-electron chi connectivity index (χ3n) is 2.12. The van der Waals surface area contributed by atoms with Gasteiger partial charge in [-0.2, -0.15) is 0 Å². The normalized spacial score (nSPS) is 10.9. The Kier molecular flexibility index (Phi) is 4.86. The SMILES string of the molecule is CC(C)(C)OC(=O)CCNC(=O)c1cccnc1N. The van der Waals surface area contributed by atoms with Crippen LogP contribution in [0.4, 0.5) is 5.82 Å². The number of hydrogen-bond donors (Lipinski definition) is 2. The van der Waals surface area contributed by atoms with Gasteiger partial charge in [0, 0.05) is 12.7 Å². The molecule has 0 fully saturated rings. The molecule has 1 rings (SSSR count). The maximum absolute atomic E-state index is 11.7. The Morgan fingerprint density at radius 2 is 2.11 bits per heavy atom. The predicted molar refractivity (Wildman–Crippen MR) is 71.4 cm³/mol. The molecule has 0 radical (unpaired) electrons. The first-order valence-corrected chi connectivity index (χ1v) is 6.00. The molecule has 0 unspecified atom stereocenters. The lowest BCUT2D eigenvalue weighted by Crippen LogP contribution is -2.30. The van der Waals surface area contributed by atoms with E-state index < -0.39 is 5.60 Å². The topological polar surface area (TPSA) is 94.3 Å². The molecule has 1 amide bonds. The van der Waals surface area contributed by atoms with Crippen LogP contribution in [-0.2, 0) is 9.53 Å². The van der Waals surface area contributed by atoms with Gasteiger partial charge in [-0.3, -0.25) is 9.59 Å². The third-order valence-corrected chi connectivity index (χ3v) is 2.12. The fourth-order valence-electron chi connectivity index (χ4n) is 1.38. The molecular formula is C13H19N3O3. The lowest BCUT2D eigenvalue weighted by atomic mass is 10.2.